The van der Waals surface area contributed by atoms with E-state index in [9.17, 15) is 0 Å². The van der Waals surface area contributed by atoms with Crippen molar-refractivity contribution in [2.45, 2.75) is 33.2 Å². The van der Waals surface area contributed by atoms with Crippen LogP contribution in [-0.2, 0) is 11.8 Å². The lowest BCUT2D eigenvalue weighted by Crippen LogP contribution is -3.00. The topological polar surface area (TPSA) is 12.0 Å². The van der Waals surface area contributed by atoms with Gasteiger partial charge in [0.15, 0.2) is 0 Å². The minimum Gasteiger partial charge on any atom is -1.00 e. The summed E-state index contributed by atoms with van der Waals surface area (Å²) in [4.78, 5) is 0. The summed E-state index contributed by atoms with van der Waals surface area (Å²) in [5.74, 6) is 0. The molecule has 0 aliphatic carbocycles. The van der Waals surface area contributed by atoms with Crippen molar-refractivity contribution in [2.24, 2.45) is 0 Å². The number of rotatable bonds is 1. The van der Waals surface area contributed by atoms with Gasteiger partial charge < -0.3 is 17.7 Å². The van der Waals surface area contributed by atoms with Gasteiger partial charge in [-0.2, -0.15) is 0 Å². The van der Waals surface area contributed by atoms with E-state index in [-0.39, 0.29) is 17.9 Å². The number of hydrogen-bond acceptors (Lipinski definition) is 1. The molecular formula is C13H24ClNS. The molecule has 1 nitrogen and oxygen atoms in total. The Morgan fingerprint density at radius 2 is 1.38 bits per heavy atom. The number of benzene rings is 1. The van der Waals surface area contributed by atoms with Crippen LogP contribution in [-0.4, -0.2) is 18.1 Å². The first kappa shape index (κ1) is 18.0. The van der Waals surface area contributed by atoms with Crippen LogP contribution in [0.5, 0.6) is 0 Å². The molecule has 0 saturated heterocycles. The monoisotopic (exact) mass is 261 g/mol. The molecule has 0 aliphatic rings. The van der Waals surface area contributed by atoms with Gasteiger partial charge in [-0.1, -0.05) is 17.7 Å². The highest BCUT2D eigenvalue weighted by atomic mass is 35.5. The van der Waals surface area contributed by atoms with Gasteiger partial charge in [0.2, 0.25) is 0 Å². The maximum atomic E-state index is 3.41. The maximum Gasteiger partial charge on any atom is 0.0949 e. The Bertz CT molecular complexity index is 264. The van der Waals surface area contributed by atoms with Crippen molar-refractivity contribution in [3.05, 3.63) is 29.8 Å². The third-order valence-corrected chi connectivity index (χ3v) is 1.57. The lowest BCUT2D eigenvalue weighted by Gasteiger charge is -2.22. The van der Waals surface area contributed by atoms with Crippen LogP contribution in [0.3, 0.4) is 0 Å². The van der Waals surface area contributed by atoms with E-state index in [1.54, 1.807) is 0 Å². The number of anilines is 1. The van der Waals surface area contributed by atoms with Crippen molar-refractivity contribution in [3.8, 4) is 0 Å². The first-order valence-corrected chi connectivity index (χ1v) is 7.00. The van der Waals surface area contributed by atoms with E-state index in [0.717, 1.165) is 0 Å². The Labute approximate surface area is 111 Å². The lowest BCUT2D eigenvalue weighted by molar-refractivity contribution is -0.00000388. The zero-order valence-electron chi connectivity index (χ0n) is 11.1. The maximum absolute atomic E-state index is 3.41. The molecule has 0 aliphatic heterocycles. The Balaban J connectivity index is 0. The molecule has 0 atom stereocenters. The molecular weight excluding hydrogens is 238 g/mol. The van der Waals surface area contributed by atoms with Crippen molar-refractivity contribution in [3.63, 3.8) is 0 Å². The van der Waals surface area contributed by atoms with E-state index < -0.39 is 0 Å². The van der Waals surface area contributed by atoms with Crippen molar-refractivity contribution in [2.75, 3.05) is 17.8 Å². The quantitative estimate of drug-likeness (QED) is 0.565. The normalized spacial score (nSPS) is 9.62. The highest BCUT2D eigenvalue weighted by Gasteiger charge is 2.07. The predicted octanol–water partition coefficient (Wildman–Crippen LogP) is 0.270. The molecule has 94 valence electrons. The molecule has 0 radical (unpaired) electrons. The molecule has 0 fully saturated rings. The van der Waals surface area contributed by atoms with E-state index in [1.165, 1.54) is 23.0 Å². The minimum absolute atomic E-state index is 0. The molecule has 1 aromatic rings. The molecule has 0 bridgehead atoms. The van der Waals surface area contributed by atoms with E-state index in [4.69, 9.17) is 0 Å². The fourth-order valence-corrected chi connectivity index (χ4v) is 1.07. The zero-order chi connectivity index (χ0) is 11.9. The average Bonchev–Trinajstić information content (AvgIpc) is 2.08. The van der Waals surface area contributed by atoms with Crippen molar-refractivity contribution >= 4 is 17.4 Å². The summed E-state index contributed by atoms with van der Waals surface area (Å²) in [7, 11) is 0. The molecule has 0 unspecified atom stereocenters. The molecule has 16 heavy (non-hydrogen) atoms. The van der Waals surface area contributed by atoms with E-state index >= 15 is 0 Å². The van der Waals surface area contributed by atoms with E-state index in [1.807, 2.05) is 0 Å². The minimum atomic E-state index is 0. The van der Waals surface area contributed by atoms with Gasteiger partial charge >= 0.3 is 0 Å². The van der Waals surface area contributed by atoms with Gasteiger partial charge in [0.1, 0.15) is 0 Å². The van der Waals surface area contributed by atoms with Gasteiger partial charge in [0.05, 0.1) is 12.5 Å². The fourth-order valence-electron chi connectivity index (χ4n) is 1.07. The number of thiol groups is 1. The SMILES string of the molecule is C[SH+]C.Cc1ccc(NC(C)(C)C)cc1.[Cl-]. The second-order valence-corrected chi connectivity index (χ2v) is 5.58. The molecule has 1 rings (SSSR count). The fraction of sp³-hybridized carbons (Fsp3) is 0.538. The molecule has 0 aromatic heterocycles. The smallest absolute Gasteiger partial charge is 0.0949 e. The summed E-state index contributed by atoms with van der Waals surface area (Å²) >= 11 is 1.42. The summed E-state index contributed by atoms with van der Waals surface area (Å²) in [6.07, 6.45) is 4.19. The predicted molar refractivity (Wildman–Crippen MR) is 75.2 cm³/mol. The zero-order valence-corrected chi connectivity index (χ0v) is 12.8. The van der Waals surface area contributed by atoms with Crippen LogP contribution in [0, 0.1) is 6.92 Å². The van der Waals surface area contributed by atoms with Crippen LogP contribution in [0.25, 0.3) is 0 Å². The molecule has 1 aromatic carbocycles. The molecule has 0 saturated carbocycles. The highest BCUT2D eigenvalue weighted by Crippen LogP contribution is 2.14. The molecule has 0 heterocycles. The van der Waals surface area contributed by atoms with Crippen LogP contribution in [0.15, 0.2) is 24.3 Å². The average molecular weight is 262 g/mol. The Morgan fingerprint density at radius 3 is 1.69 bits per heavy atom. The second kappa shape index (κ2) is 8.77. The van der Waals surface area contributed by atoms with Gasteiger partial charge in [0.25, 0.3) is 0 Å². The summed E-state index contributed by atoms with van der Waals surface area (Å²) in [6, 6.07) is 8.46. The Kier molecular flexibility index (Phi) is 9.89. The molecule has 1 N–H and O–H groups in total. The molecule has 0 amide bonds. The Hall–Kier alpha value is -0.340. The molecule has 3 heteroatoms. The van der Waals surface area contributed by atoms with Gasteiger partial charge in [0, 0.05) is 11.2 Å². The van der Waals surface area contributed by atoms with Gasteiger partial charge in [-0.05, 0) is 51.6 Å². The number of hydrogen-bond donors (Lipinski definition) is 1. The third kappa shape index (κ3) is 10.2. The van der Waals surface area contributed by atoms with Crippen LogP contribution >= 0.6 is 0 Å². The lowest BCUT2D eigenvalue weighted by atomic mass is 10.1. The summed E-state index contributed by atoms with van der Waals surface area (Å²) < 4.78 is 0. The summed E-state index contributed by atoms with van der Waals surface area (Å²) in [5.41, 5.74) is 2.64. The van der Waals surface area contributed by atoms with Gasteiger partial charge in [-0.15, -0.1) is 0 Å². The van der Waals surface area contributed by atoms with Gasteiger partial charge in [-0.3, -0.25) is 0 Å². The van der Waals surface area contributed by atoms with Crippen molar-refractivity contribution < 1.29 is 12.4 Å². The second-order valence-electron chi connectivity index (χ2n) is 4.69. The standard InChI is InChI=1S/C11H17N.C2H6S.ClH/c1-9-5-7-10(8-6-9)12-11(2,3)4;1-3-2;/h5-8,12H,1-4H3;1-2H3;1H. The van der Waals surface area contributed by atoms with Gasteiger partial charge in [-0.25, -0.2) is 0 Å². The number of aryl methyl sites for hydroxylation is 1. The van der Waals surface area contributed by atoms with Crippen molar-refractivity contribution in [1.82, 2.24) is 0 Å². The number of nitrogens with one attached hydrogen (secondary N) is 1. The van der Waals surface area contributed by atoms with Crippen LogP contribution in [0.1, 0.15) is 26.3 Å². The first-order chi connectivity index (χ1) is 6.89. The van der Waals surface area contributed by atoms with Crippen LogP contribution in [0.2, 0.25) is 0 Å². The Morgan fingerprint density at radius 1 is 1.00 bits per heavy atom. The first-order valence-electron chi connectivity index (χ1n) is 5.22. The summed E-state index contributed by atoms with van der Waals surface area (Å²) in [5, 5.41) is 3.41. The van der Waals surface area contributed by atoms with E-state index in [0.29, 0.717) is 0 Å². The molecule has 0 spiro atoms. The summed E-state index contributed by atoms with van der Waals surface area (Å²) in [6.45, 7) is 8.58. The third-order valence-electron chi connectivity index (χ3n) is 1.57. The van der Waals surface area contributed by atoms with Crippen LogP contribution in [0.4, 0.5) is 5.69 Å². The largest absolute Gasteiger partial charge is 1.00 e. The number of halogens is 1. The van der Waals surface area contributed by atoms with E-state index in [2.05, 4.69) is 69.8 Å². The van der Waals surface area contributed by atoms with Crippen LogP contribution < -0.4 is 17.7 Å². The highest BCUT2D eigenvalue weighted by molar-refractivity contribution is 7.76. The van der Waals surface area contributed by atoms with Crippen molar-refractivity contribution in [1.29, 1.82) is 0 Å².